The molecular formula is C23H21F2N5O3S. The van der Waals surface area contributed by atoms with Gasteiger partial charge in [0, 0.05) is 43.6 Å². The Morgan fingerprint density at radius 1 is 0.941 bits per heavy atom. The lowest BCUT2D eigenvalue weighted by Gasteiger charge is -2.34. The summed E-state index contributed by atoms with van der Waals surface area (Å²) in [6, 6.07) is 12.4. The first-order chi connectivity index (χ1) is 16.2. The highest BCUT2D eigenvalue weighted by Gasteiger charge is 2.24. The van der Waals surface area contributed by atoms with Crippen molar-refractivity contribution in [3.8, 4) is 16.9 Å². The predicted molar refractivity (Wildman–Crippen MR) is 126 cm³/mol. The zero-order chi connectivity index (χ0) is 24.0. The van der Waals surface area contributed by atoms with E-state index in [2.05, 4.69) is 15.0 Å². The van der Waals surface area contributed by atoms with E-state index >= 15 is 0 Å². The third-order valence-corrected chi connectivity index (χ3v) is 7.27. The van der Waals surface area contributed by atoms with Gasteiger partial charge in [-0.3, -0.25) is 4.79 Å². The summed E-state index contributed by atoms with van der Waals surface area (Å²) in [6.07, 6.45) is 2.61. The van der Waals surface area contributed by atoms with Crippen LogP contribution in [0.25, 0.3) is 27.8 Å². The Morgan fingerprint density at radius 3 is 2.21 bits per heavy atom. The van der Waals surface area contributed by atoms with Gasteiger partial charge >= 0.3 is 0 Å². The number of pyridine rings is 1. The Labute approximate surface area is 194 Å². The van der Waals surface area contributed by atoms with E-state index in [1.54, 1.807) is 18.2 Å². The summed E-state index contributed by atoms with van der Waals surface area (Å²) in [6.45, 7) is 1.91. The van der Waals surface area contributed by atoms with Gasteiger partial charge in [-0.1, -0.05) is 18.2 Å². The second kappa shape index (κ2) is 8.33. The minimum atomic E-state index is -3.22. The van der Waals surface area contributed by atoms with Crippen LogP contribution in [0.5, 0.6) is 0 Å². The Morgan fingerprint density at radius 2 is 1.59 bits per heavy atom. The number of rotatable bonds is 4. The zero-order valence-electron chi connectivity index (χ0n) is 18.2. The number of fused-ring (bicyclic) bond motifs is 1. The molecule has 1 saturated heterocycles. The van der Waals surface area contributed by atoms with Crippen molar-refractivity contribution in [2.24, 2.45) is 0 Å². The minimum Gasteiger partial charge on any atom is -0.369 e. The molecule has 4 aromatic rings. The van der Waals surface area contributed by atoms with Gasteiger partial charge in [-0.05, 0) is 30.3 Å². The Hall–Kier alpha value is -3.57. The van der Waals surface area contributed by atoms with Crippen LogP contribution in [0.1, 0.15) is 0 Å². The Bertz CT molecular complexity index is 1520. The van der Waals surface area contributed by atoms with Crippen molar-refractivity contribution in [2.75, 3.05) is 37.3 Å². The molecule has 0 bridgehead atoms. The van der Waals surface area contributed by atoms with E-state index in [9.17, 15) is 22.0 Å². The fourth-order valence-electron chi connectivity index (χ4n) is 4.25. The van der Waals surface area contributed by atoms with Crippen molar-refractivity contribution in [3.63, 3.8) is 0 Å². The molecule has 8 nitrogen and oxygen atoms in total. The molecule has 1 aliphatic rings. The van der Waals surface area contributed by atoms with Crippen LogP contribution in [0.3, 0.4) is 0 Å². The number of halogens is 2. The van der Waals surface area contributed by atoms with Crippen molar-refractivity contribution in [1.29, 1.82) is 0 Å². The van der Waals surface area contributed by atoms with Crippen molar-refractivity contribution < 1.29 is 17.2 Å². The number of nitrogens with zero attached hydrogens (tertiary/aromatic N) is 4. The third-order valence-electron chi connectivity index (χ3n) is 5.97. The molecule has 3 heterocycles. The predicted octanol–water partition coefficient (Wildman–Crippen LogP) is 2.74. The molecule has 0 atom stereocenters. The lowest BCUT2D eigenvalue weighted by atomic mass is 10.1. The second-order valence-corrected chi connectivity index (χ2v) is 10.1. The first-order valence-corrected chi connectivity index (χ1v) is 12.4. The maximum Gasteiger partial charge on any atom is 0.259 e. The lowest BCUT2D eigenvalue weighted by Crippen LogP contribution is -2.48. The fraction of sp³-hybridized carbons (Fsp3) is 0.217. The molecule has 5 rings (SSSR count). The van der Waals surface area contributed by atoms with E-state index in [4.69, 9.17) is 0 Å². The molecule has 11 heteroatoms. The number of hydrogen-bond acceptors (Lipinski definition) is 5. The average molecular weight is 486 g/mol. The van der Waals surface area contributed by atoms with Crippen molar-refractivity contribution in [2.45, 2.75) is 0 Å². The van der Waals surface area contributed by atoms with Crippen molar-refractivity contribution >= 4 is 26.6 Å². The maximum atomic E-state index is 14.5. The first-order valence-electron chi connectivity index (χ1n) is 10.6. The summed E-state index contributed by atoms with van der Waals surface area (Å²) < 4.78 is 55.0. The molecule has 1 N–H and O–H groups in total. The van der Waals surface area contributed by atoms with E-state index in [1.807, 2.05) is 12.1 Å². The summed E-state index contributed by atoms with van der Waals surface area (Å²) >= 11 is 0. The molecule has 2 aromatic heterocycles. The first kappa shape index (κ1) is 22.2. The van der Waals surface area contributed by atoms with Gasteiger partial charge in [-0.25, -0.2) is 21.9 Å². The summed E-state index contributed by atoms with van der Waals surface area (Å²) in [5.41, 5.74) is 1.31. The number of sulfonamides is 1. The van der Waals surface area contributed by atoms with Crippen LogP contribution in [0.2, 0.25) is 0 Å². The molecule has 0 saturated carbocycles. The van der Waals surface area contributed by atoms with Gasteiger partial charge < -0.3 is 9.88 Å². The average Bonchev–Trinajstić information content (AvgIpc) is 3.19. The van der Waals surface area contributed by atoms with Gasteiger partial charge in [0.05, 0.1) is 17.2 Å². The zero-order valence-corrected chi connectivity index (χ0v) is 19.0. The lowest BCUT2D eigenvalue weighted by molar-refractivity contribution is 0.388. The van der Waals surface area contributed by atoms with Gasteiger partial charge in [0.1, 0.15) is 11.4 Å². The summed E-state index contributed by atoms with van der Waals surface area (Å²) in [4.78, 5) is 17.3. The number of hydrogen-bond donors (Lipinski definition) is 1. The van der Waals surface area contributed by atoms with Crippen LogP contribution in [-0.2, 0) is 10.0 Å². The molecule has 0 spiro atoms. The van der Waals surface area contributed by atoms with E-state index in [0.717, 1.165) is 22.5 Å². The van der Waals surface area contributed by atoms with Crippen LogP contribution < -0.4 is 10.5 Å². The van der Waals surface area contributed by atoms with Gasteiger partial charge in [-0.2, -0.15) is 9.40 Å². The van der Waals surface area contributed by atoms with E-state index < -0.39 is 27.2 Å². The number of nitrogens with one attached hydrogen (secondary N) is 1. The van der Waals surface area contributed by atoms with Gasteiger partial charge in [0.15, 0.2) is 11.6 Å². The standard InChI is InChI=1S/C23H21F2N5O3S/c1-34(32,33)29-13-11-28(12-14-29)16-7-5-15(6-8-16)21-20-19(9-10-26-23(20)31)30(27-21)22-17(24)3-2-4-18(22)25/h2-10H,11-14H2,1H3,(H,26,31). The second-order valence-electron chi connectivity index (χ2n) is 8.09. The summed E-state index contributed by atoms with van der Waals surface area (Å²) in [5, 5.41) is 4.64. The highest BCUT2D eigenvalue weighted by molar-refractivity contribution is 7.88. The highest BCUT2D eigenvalue weighted by atomic mass is 32.2. The van der Waals surface area contributed by atoms with Gasteiger partial charge in [0.2, 0.25) is 10.0 Å². The molecule has 2 aromatic carbocycles. The van der Waals surface area contributed by atoms with E-state index in [1.165, 1.54) is 22.8 Å². The quantitative estimate of drug-likeness (QED) is 0.480. The fourth-order valence-corrected chi connectivity index (χ4v) is 5.08. The number of piperazine rings is 1. The molecule has 176 valence electrons. The Balaban J connectivity index is 1.53. The molecule has 0 amide bonds. The number of anilines is 1. The number of aromatic nitrogens is 3. The molecule has 0 radical (unpaired) electrons. The highest BCUT2D eigenvalue weighted by Crippen LogP contribution is 2.30. The topological polar surface area (TPSA) is 91.3 Å². The van der Waals surface area contributed by atoms with Crippen molar-refractivity contribution in [3.05, 3.63) is 76.7 Å². The number of H-pyrrole nitrogens is 1. The third kappa shape index (κ3) is 3.86. The number of para-hydroxylation sites is 1. The molecular weight excluding hydrogens is 464 g/mol. The van der Waals surface area contributed by atoms with Crippen LogP contribution in [-0.4, -0.2) is 59.9 Å². The van der Waals surface area contributed by atoms with Gasteiger partial charge in [0.25, 0.3) is 5.56 Å². The molecule has 0 unspecified atom stereocenters. The van der Waals surface area contributed by atoms with Crippen molar-refractivity contribution in [1.82, 2.24) is 19.1 Å². The largest absolute Gasteiger partial charge is 0.369 e. The van der Waals surface area contributed by atoms with Crippen LogP contribution >= 0.6 is 0 Å². The van der Waals surface area contributed by atoms with Gasteiger partial charge in [-0.15, -0.1) is 0 Å². The summed E-state index contributed by atoms with van der Waals surface area (Å²) in [5.74, 6) is -1.58. The number of aromatic amines is 1. The minimum absolute atomic E-state index is 0.222. The normalized spacial score (nSPS) is 15.2. The van der Waals surface area contributed by atoms with E-state index in [-0.39, 0.29) is 16.6 Å². The van der Waals surface area contributed by atoms with Crippen LogP contribution in [0.15, 0.2) is 59.5 Å². The van der Waals surface area contributed by atoms with Crippen LogP contribution in [0, 0.1) is 11.6 Å². The molecule has 1 aliphatic heterocycles. The Kier molecular flexibility index (Phi) is 5.45. The SMILES string of the molecule is CS(=O)(=O)N1CCN(c2ccc(-c3nn(-c4c(F)cccc4F)c4cc[nH]c(=O)c34)cc2)CC1. The summed E-state index contributed by atoms with van der Waals surface area (Å²) in [7, 11) is -3.22. The molecule has 1 fully saturated rings. The maximum absolute atomic E-state index is 14.5. The molecule has 0 aliphatic carbocycles. The smallest absolute Gasteiger partial charge is 0.259 e. The monoisotopic (exact) mass is 485 g/mol. The number of benzene rings is 2. The van der Waals surface area contributed by atoms with Crippen LogP contribution in [0.4, 0.5) is 14.5 Å². The molecule has 34 heavy (non-hydrogen) atoms. The van der Waals surface area contributed by atoms with E-state index in [0.29, 0.717) is 37.4 Å².